The summed E-state index contributed by atoms with van der Waals surface area (Å²) >= 11 is 0. The SMILES string of the molecule is CCC1CNCC1N1c2ccccc2CCC1C. The van der Waals surface area contributed by atoms with E-state index in [9.17, 15) is 0 Å². The van der Waals surface area contributed by atoms with Gasteiger partial charge in [-0.1, -0.05) is 31.5 Å². The van der Waals surface area contributed by atoms with Crippen LogP contribution in [-0.4, -0.2) is 25.2 Å². The summed E-state index contributed by atoms with van der Waals surface area (Å²) in [5.41, 5.74) is 3.03. The van der Waals surface area contributed by atoms with Crippen LogP contribution in [0.5, 0.6) is 0 Å². The Kier molecular flexibility index (Phi) is 3.29. The lowest BCUT2D eigenvalue weighted by Gasteiger charge is -2.43. The molecule has 3 unspecified atom stereocenters. The van der Waals surface area contributed by atoms with Crippen LogP contribution in [0.1, 0.15) is 32.3 Å². The van der Waals surface area contributed by atoms with Gasteiger partial charge >= 0.3 is 0 Å². The van der Waals surface area contributed by atoms with Crippen molar-refractivity contribution in [3.63, 3.8) is 0 Å². The number of nitrogens with zero attached hydrogens (tertiary/aromatic N) is 1. The van der Waals surface area contributed by atoms with Crippen molar-refractivity contribution in [1.82, 2.24) is 5.32 Å². The fraction of sp³-hybridized carbons (Fsp3) is 0.625. The van der Waals surface area contributed by atoms with Crippen LogP contribution in [0.25, 0.3) is 0 Å². The third-order valence-electron chi connectivity index (χ3n) is 4.76. The molecule has 0 aromatic heterocycles. The molecule has 0 bridgehead atoms. The minimum absolute atomic E-state index is 0.679. The highest BCUT2D eigenvalue weighted by Crippen LogP contribution is 2.35. The minimum atomic E-state index is 0.679. The van der Waals surface area contributed by atoms with Gasteiger partial charge in [0.15, 0.2) is 0 Å². The second kappa shape index (κ2) is 4.93. The highest BCUT2D eigenvalue weighted by Gasteiger charge is 2.35. The molecule has 1 aromatic carbocycles. The summed E-state index contributed by atoms with van der Waals surface area (Å²) < 4.78 is 0. The maximum Gasteiger partial charge on any atom is 0.0457 e. The first-order valence-electron chi connectivity index (χ1n) is 7.38. The molecule has 2 aliphatic heterocycles. The fourth-order valence-electron chi connectivity index (χ4n) is 3.68. The predicted molar refractivity (Wildman–Crippen MR) is 77.1 cm³/mol. The maximum absolute atomic E-state index is 3.58. The number of fused-ring (bicyclic) bond motifs is 1. The molecular formula is C16H24N2. The van der Waals surface area contributed by atoms with E-state index in [1.54, 1.807) is 0 Å². The van der Waals surface area contributed by atoms with Crippen LogP contribution < -0.4 is 10.2 Å². The van der Waals surface area contributed by atoms with E-state index >= 15 is 0 Å². The van der Waals surface area contributed by atoms with Crippen molar-refractivity contribution in [2.45, 2.75) is 45.2 Å². The van der Waals surface area contributed by atoms with Gasteiger partial charge in [0.1, 0.15) is 0 Å². The van der Waals surface area contributed by atoms with Gasteiger partial charge < -0.3 is 10.2 Å². The lowest BCUT2D eigenvalue weighted by molar-refractivity contribution is 0.416. The minimum Gasteiger partial charge on any atom is -0.364 e. The Morgan fingerprint density at radius 2 is 2.11 bits per heavy atom. The van der Waals surface area contributed by atoms with Crippen molar-refractivity contribution in [1.29, 1.82) is 0 Å². The Morgan fingerprint density at radius 1 is 1.28 bits per heavy atom. The number of benzene rings is 1. The molecule has 98 valence electrons. The second-order valence-corrected chi connectivity index (χ2v) is 5.82. The van der Waals surface area contributed by atoms with E-state index in [-0.39, 0.29) is 0 Å². The lowest BCUT2D eigenvalue weighted by atomic mass is 9.91. The van der Waals surface area contributed by atoms with Crippen LogP contribution in [-0.2, 0) is 6.42 Å². The smallest absolute Gasteiger partial charge is 0.0457 e. The van der Waals surface area contributed by atoms with E-state index in [1.807, 2.05) is 0 Å². The summed E-state index contributed by atoms with van der Waals surface area (Å²) in [5.74, 6) is 0.804. The average molecular weight is 244 g/mol. The summed E-state index contributed by atoms with van der Waals surface area (Å²) in [6, 6.07) is 10.4. The molecule has 0 amide bonds. The zero-order valence-corrected chi connectivity index (χ0v) is 11.5. The third-order valence-corrected chi connectivity index (χ3v) is 4.76. The van der Waals surface area contributed by atoms with Gasteiger partial charge in [-0.2, -0.15) is 0 Å². The van der Waals surface area contributed by atoms with Crippen molar-refractivity contribution in [3.05, 3.63) is 29.8 Å². The molecule has 0 radical (unpaired) electrons. The molecule has 2 heteroatoms. The quantitative estimate of drug-likeness (QED) is 0.860. The van der Waals surface area contributed by atoms with E-state index in [4.69, 9.17) is 0 Å². The topological polar surface area (TPSA) is 15.3 Å². The van der Waals surface area contributed by atoms with Gasteiger partial charge in [-0.05, 0) is 37.3 Å². The summed E-state index contributed by atoms with van der Waals surface area (Å²) in [5, 5.41) is 3.58. The first-order valence-corrected chi connectivity index (χ1v) is 7.38. The van der Waals surface area contributed by atoms with E-state index in [1.165, 1.54) is 37.1 Å². The molecule has 18 heavy (non-hydrogen) atoms. The van der Waals surface area contributed by atoms with Crippen LogP contribution in [0, 0.1) is 5.92 Å². The molecular weight excluding hydrogens is 220 g/mol. The normalized spacial score (nSPS) is 31.4. The number of hydrogen-bond donors (Lipinski definition) is 1. The molecule has 1 N–H and O–H groups in total. The molecule has 0 spiro atoms. The van der Waals surface area contributed by atoms with E-state index < -0.39 is 0 Å². The molecule has 3 atom stereocenters. The number of aryl methyl sites for hydroxylation is 1. The number of nitrogens with one attached hydrogen (secondary N) is 1. The van der Waals surface area contributed by atoms with Gasteiger partial charge in [-0.15, -0.1) is 0 Å². The van der Waals surface area contributed by atoms with E-state index in [2.05, 4.69) is 48.3 Å². The first kappa shape index (κ1) is 12.0. The van der Waals surface area contributed by atoms with Crippen LogP contribution >= 0.6 is 0 Å². The molecule has 0 saturated carbocycles. The standard InChI is InChI=1S/C16H24N2/c1-3-13-10-17-11-16(13)18-12(2)8-9-14-6-4-5-7-15(14)18/h4-7,12-13,16-17H,3,8-11H2,1-2H3. The van der Waals surface area contributed by atoms with Crippen LogP contribution in [0.2, 0.25) is 0 Å². The van der Waals surface area contributed by atoms with Gasteiger partial charge in [0.05, 0.1) is 0 Å². The molecule has 2 heterocycles. The molecule has 3 rings (SSSR count). The van der Waals surface area contributed by atoms with Crippen LogP contribution in [0.15, 0.2) is 24.3 Å². The average Bonchev–Trinajstić information content (AvgIpc) is 2.86. The maximum atomic E-state index is 3.58. The van der Waals surface area contributed by atoms with Gasteiger partial charge in [0.25, 0.3) is 0 Å². The van der Waals surface area contributed by atoms with Crippen LogP contribution in [0.3, 0.4) is 0 Å². The zero-order chi connectivity index (χ0) is 12.5. The molecule has 2 nitrogen and oxygen atoms in total. The van der Waals surface area contributed by atoms with Crippen molar-refractivity contribution < 1.29 is 0 Å². The molecule has 0 aliphatic carbocycles. The number of hydrogen-bond acceptors (Lipinski definition) is 2. The van der Waals surface area contributed by atoms with Crippen LogP contribution in [0.4, 0.5) is 5.69 Å². The molecule has 1 fully saturated rings. The summed E-state index contributed by atoms with van der Waals surface area (Å²) in [6.45, 7) is 7.05. The molecule has 1 aromatic rings. The summed E-state index contributed by atoms with van der Waals surface area (Å²) in [7, 11) is 0. The van der Waals surface area contributed by atoms with Gasteiger partial charge in [0, 0.05) is 30.9 Å². The van der Waals surface area contributed by atoms with Gasteiger partial charge in [-0.25, -0.2) is 0 Å². The Labute approximate surface area is 110 Å². The monoisotopic (exact) mass is 244 g/mol. The number of para-hydroxylation sites is 1. The fourth-order valence-corrected chi connectivity index (χ4v) is 3.68. The Balaban J connectivity index is 1.95. The Bertz CT molecular complexity index is 415. The first-order chi connectivity index (χ1) is 8.81. The van der Waals surface area contributed by atoms with Crippen molar-refractivity contribution >= 4 is 5.69 Å². The van der Waals surface area contributed by atoms with Gasteiger partial charge in [0.2, 0.25) is 0 Å². The van der Waals surface area contributed by atoms with Crippen molar-refractivity contribution in [3.8, 4) is 0 Å². The summed E-state index contributed by atoms with van der Waals surface area (Å²) in [6.07, 6.45) is 3.82. The lowest BCUT2D eigenvalue weighted by Crippen LogP contribution is -2.48. The second-order valence-electron chi connectivity index (χ2n) is 5.82. The van der Waals surface area contributed by atoms with E-state index in [0.717, 1.165) is 12.5 Å². The Morgan fingerprint density at radius 3 is 2.94 bits per heavy atom. The number of anilines is 1. The predicted octanol–water partition coefficient (Wildman–Crippen LogP) is 2.83. The van der Waals surface area contributed by atoms with Crippen molar-refractivity contribution in [2.24, 2.45) is 5.92 Å². The van der Waals surface area contributed by atoms with E-state index in [0.29, 0.717) is 12.1 Å². The van der Waals surface area contributed by atoms with Crippen molar-refractivity contribution in [2.75, 3.05) is 18.0 Å². The Hall–Kier alpha value is -1.02. The largest absolute Gasteiger partial charge is 0.364 e. The molecule has 1 saturated heterocycles. The highest BCUT2D eigenvalue weighted by atomic mass is 15.2. The highest BCUT2D eigenvalue weighted by molar-refractivity contribution is 5.57. The number of rotatable bonds is 2. The third kappa shape index (κ3) is 1.93. The van der Waals surface area contributed by atoms with Gasteiger partial charge in [-0.3, -0.25) is 0 Å². The molecule has 2 aliphatic rings. The zero-order valence-electron chi connectivity index (χ0n) is 11.5. The summed E-state index contributed by atoms with van der Waals surface area (Å²) in [4.78, 5) is 2.70.